The Hall–Kier alpha value is -1.73. The van der Waals surface area contributed by atoms with Crippen LogP contribution in [0, 0.1) is 5.82 Å². The summed E-state index contributed by atoms with van der Waals surface area (Å²) in [5, 5.41) is 10.0. The van der Waals surface area contributed by atoms with Gasteiger partial charge in [0.15, 0.2) is 5.65 Å². The summed E-state index contributed by atoms with van der Waals surface area (Å²) in [6.45, 7) is 3.62. The molecule has 1 saturated heterocycles. The summed E-state index contributed by atoms with van der Waals surface area (Å²) in [4.78, 5) is 7.19. The predicted octanol–water partition coefficient (Wildman–Crippen LogP) is 3.62. The maximum Gasteiger partial charge on any atom is 0.211 e. The Morgan fingerprint density at radius 1 is 1.16 bits per heavy atom. The lowest BCUT2D eigenvalue weighted by molar-refractivity contribution is 0.230. The first-order valence-electron chi connectivity index (χ1n) is 8.86. The van der Waals surface area contributed by atoms with Gasteiger partial charge in [0.2, 0.25) is 5.16 Å². The van der Waals surface area contributed by atoms with Gasteiger partial charge in [-0.1, -0.05) is 18.2 Å². The highest BCUT2D eigenvalue weighted by Crippen LogP contribution is 2.27. The van der Waals surface area contributed by atoms with Crippen molar-refractivity contribution in [2.75, 3.05) is 25.4 Å². The van der Waals surface area contributed by atoms with Gasteiger partial charge in [-0.25, -0.2) is 9.37 Å². The SMILES string of the molecule is Cn1c2ccc(F)cc2c2nnc(SCCCN3CCCCC3)nc21. The summed E-state index contributed by atoms with van der Waals surface area (Å²) in [5.74, 6) is 0.723. The smallest absolute Gasteiger partial charge is 0.211 e. The van der Waals surface area contributed by atoms with Crippen molar-refractivity contribution in [3.8, 4) is 0 Å². The molecule has 1 aromatic carbocycles. The van der Waals surface area contributed by atoms with Gasteiger partial charge in [-0.05, 0) is 57.1 Å². The number of rotatable bonds is 5. The first kappa shape index (κ1) is 16.7. The van der Waals surface area contributed by atoms with Crippen molar-refractivity contribution in [1.29, 1.82) is 0 Å². The van der Waals surface area contributed by atoms with Crippen LogP contribution >= 0.6 is 11.8 Å². The third kappa shape index (κ3) is 3.48. The normalized spacial score (nSPS) is 16.1. The van der Waals surface area contributed by atoms with Crippen molar-refractivity contribution >= 4 is 33.8 Å². The Morgan fingerprint density at radius 2 is 2.00 bits per heavy atom. The molecule has 0 radical (unpaired) electrons. The van der Waals surface area contributed by atoms with Crippen LogP contribution in [0.1, 0.15) is 25.7 Å². The van der Waals surface area contributed by atoms with Gasteiger partial charge in [-0.15, -0.1) is 10.2 Å². The van der Waals surface area contributed by atoms with Crippen LogP contribution in [0.5, 0.6) is 0 Å². The van der Waals surface area contributed by atoms with E-state index in [0.29, 0.717) is 10.7 Å². The third-order valence-electron chi connectivity index (χ3n) is 4.84. The van der Waals surface area contributed by atoms with Crippen LogP contribution in [0.3, 0.4) is 0 Å². The molecule has 0 bridgehead atoms. The molecule has 0 N–H and O–H groups in total. The average molecular weight is 359 g/mol. The second-order valence-corrected chi connectivity index (χ2v) is 7.65. The van der Waals surface area contributed by atoms with Gasteiger partial charge >= 0.3 is 0 Å². The van der Waals surface area contributed by atoms with Crippen LogP contribution in [0.25, 0.3) is 22.1 Å². The largest absolute Gasteiger partial charge is 0.327 e. The van der Waals surface area contributed by atoms with E-state index in [0.717, 1.165) is 35.3 Å². The third-order valence-corrected chi connectivity index (χ3v) is 5.76. The Kier molecular flexibility index (Phi) is 4.85. The number of likely N-dealkylation sites (tertiary alicyclic amines) is 1. The van der Waals surface area contributed by atoms with E-state index in [-0.39, 0.29) is 5.82 Å². The van der Waals surface area contributed by atoms with Crippen LogP contribution < -0.4 is 0 Å². The lowest BCUT2D eigenvalue weighted by atomic mass is 10.1. The molecule has 1 aliphatic heterocycles. The highest BCUT2D eigenvalue weighted by molar-refractivity contribution is 7.99. The Morgan fingerprint density at radius 3 is 2.84 bits per heavy atom. The molecule has 0 atom stereocenters. The Balaban J connectivity index is 1.45. The summed E-state index contributed by atoms with van der Waals surface area (Å²) >= 11 is 1.65. The first-order chi connectivity index (χ1) is 12.2. The van der Waals surface area contributed by atoms with Crippen molar-refractivity contribution in [3.05, 3.63) is 24.0 Å². The number of hydrogen-bond donors (Lipinski definition) is 0. The minimum atomic E-state index is -0.266. The number of halogens is 1. The fourth-order valence-electron chi connectivity index (χ4n) is 3.51. The van der Waals surface area contributed by atoms with E-state index in [1.807, 2.05) is 11.6 Å². The number of aryl methyl sites for hydroxylation is 1. The molecule has 1 fully saturated rings. The molecule has 0 spiro atoms. The molecule has 3 heterocycles. The number of benzene rings is 1. The minimum absolute atomic E-state index is 0.266. The van der Waals surface area contributed by atoms with Gasteiger partial charge in [-0.3, -0.25) is 0 Å². The van der Waals surface area contributed by atoms with Gasteiger partial charge in [-0.2, -0.15) is 0 Å². The van der Waals surface area contributed by atoms with E-state index in [1.165, 1.54) is 44.5 Å². The molecule has 5 nitrogen and oxygen atoms in total. The van der Waals surface area contributed by atoms with E-state index in [2.05, 4.69) is 20.1 Å². The van der Waals surface area contributed by atoms with Crippen molar-refractivity contribution < 1.29 is 4.39 Å². The number of hydrogen-bond acceptors (Lipinski definition) is 5. The second kappa shape index (κ2) is 7.25. The van der Waals surface area contributed by atoms with Crippen LogP contribution in [0.4, 0.5) is 4.39 Å². The van der Waals surface area contributed by atoms with Gasteiger partial charge in [0.05, 0.1) is 5.52 Å². The molecule has 0 unspecified atom stereocenters. The Labute approximate surface area is 150 Å². The van der Waals surface area contributed by atoms with E-state index in [4.69, 9.17) is 0 Å². The van der Waals surface area contributed by atoms with E-state index in [1.54, 1.807) is 17.8 Å². The van der Waals surface area contributed by atoms with Gasteiger partial charge in [0.25, 0.3) is 0 Å². The molecular weight excluding hydrogens is 337 g/mol. The van der Waals surface area contributed by atoms with Gasteiger partial charge in [0.1, 0.15) is 11.3 Å². The summed E-state index contributed by atoms with van der Waals surface area (Å²) in [5.41, 5.74) is 2.34. The Bertz CT molecular complexity index is 888. The predicted molar refractivity (Wildman–Crippen MR) is 99.4 cm³/mol. The molecule has 7 heteroatoms. The number of piperidine rings is 1. The van der Waals surface area contributed by atoms with E-state index < -0.39 is 0 Å². The van der Waals surface area contributed by atoms with Gasteiger partial charge in [0, 0.05) is 18.2 Å². The minimum Gasteiger partial charge on any atom is -0.327 e. The van der Waals surface area contributed by atoms with Crippen molar-refractivity contribution in [2.45, 2.75) is 30.8 Å². The number of aromatic nitrogens is 4. The summed E-state index contributed by atoms with van der Waals surface area (Å²) in [6, 6.07) is 4.73. The van der Waals surface area contributed by atoms with Crippen LogP contribution in [0.2, 0.25) is 0 Å². The zero-order valence-electron chi connectivity index (χ0n) is 14.4. The van der Waals surface area contributed by atoms with Crippen molar-refractivity contribution in [1.82, 2.24) is 24.6 Å². The molecule has 1 aliphatic rings. The summed E-state index contributed by atoms with van der Waals surface area (Å²) in [6.07, 6.45) is 5.17. The second-order valence-electron chi connectivity index (χ2n) is 6.59. The van der Waals surface area contributed by atoms with Crippen LogP contribution in [-0.2, 0) is 7.05 Å². The highest BCUT2D eigenvalue weighted by Gasteiger charge is 2.14. The highest BCUT2D eigenvalue weighted by atomic mass is 32.2. The fourth-order valence-corrected chi connectivity index (χ4v) is 4.22. The standard InChI is InChI=1S/C18H22FN5S/c1-23-15-7-6-13(19)12-14(15)16-17(23)20-18(22-21-16)25-11-5-10-24-8-3-2-4-9-24/h6-7,12H,2-5,8-11H2,1H3. The molecule has 2 aromatic heterocycles. The molecule has 0 amide bonds. The van der Waals surface area contributed by atoms with E-state index in [9.17, 15) is 4.39 Å². The quantitative estimate of drug-likeness (QED) is 0.514. The summed E-state index contributed by atoms with van der Waals surface area (Å²) in [7, 11) is 1.93. The molecule has 4 rings (SSSR count). The summed E-state index contributed by atoms with van der Waals surface area (Å²) < 4.78 is 15.5. The molecule has 0 saturated carbocycles. The van der Waals surface area contributed by atoms with Crippen molar-refractivity contribution in [2.24, 2.45) is 7.05 Å². The topological polar surface area (TPSA) is 46.8 Å². The molecule has 0 aliphatic carbocycles. The molecule has 25 heavy (non-hydrogen) atoms. The van der Waals surface area contributed by atoms with Crippen LogP contribution in [0.15, 0.2) is 23.4 Å². The number of fused-ring (bicyclic) bond motifs is 3. The van der Waals surface area contributed by atoms with Crippen molar-refractivity contribution in [3.63, 3.8) is 0 Å². The maximum atomic E-state index is 13.5. The van der Waals surface area contributed by atoms with Gasteiger partial charge < -0.3 is 9.47 Å². The zero-order valence-corrected chi connectivity index (χ0v) is 15.2. The fraction of sp³-hybridized carbons (Fsp3) is 0.500. The molecule has 132 valence electrons. The maximum absolute atomic E-state index is 13.5. The monoisotopic (exact) mass is 359 g/mol. The first-order valence-corrected chi connectivity index (χ1v) is 9.84. The lowest BCUT2D eigenvalue weighted by Crippen LogP contribution is -2.30. The van der Waals surface area contributed by atoms with Crippen LogP contribution in [-0.4, -0.2) is 50.0 Å². The lowest BCUT2D eigenvalue weighted by Gasteiger charge is -2.26. The van der Waals surface area contributed by atoms with E-state index >= 15 is 0 Å². The average Bonchev–Trinajstić information content (AvgIpc) is 2.91. The molecule has 3 aromatic rings. The molecular formula is C18H22FN5S. The zero-order chi connectivity index (χ0) is 17.2. The number of thioether (sulfide) groups is 1. The number of nitrogens with zero attached hydrogens (tertiary/aromatic N) is 5.